The van der Waals surface area contributed by atoms with Crippen LogP contribution in [0.3, 0.4) is 0 Å². The van der Waals surface area contributed by atoms with Crippen molar-refractivity contribution in [2.45, 2.75) is 40.5 Å². The monoisotopic (exact) mass is 753 g/mol. The van der Waals surface area contributed by atoms with Gasteiger partial charge in [0.1, 0.15) is 0 Å². The van der Waals surface area contributed by atoms with Crippen molar-refractivity contribution >= 4 is 16.7 Å². The largest absolute Gasteiger partial charge is 0.333 e. The molecule has 0 saturated heterocycles. The molecule has 0 bridgehead atoms. The third-order valence-corrected chi connectivity index (χ3v) is 7.02. The number of pyridine rings is 1. The predicted octanol–water partition coefficient (Wildman–Crippen LogP) is 9.99. The molecule has 0 amide bonds. The van der Waals surface area contributed by atoms with Crippen LogP contribution in [-0.2, 0) is 32.9 Å². The molecule has 5 heteroatoms. The molecule has 6 aromatic rings. The van der Waals surface area contributed by atoms with Gasteiger partial charge in [-0.05, 0) is 59.7 Å². The molecule has 0 N–H and O–H groups in total. The molecule has 0 aliphatic rings. The molecule has 4 aromatic carbocycles. The Morgan fingerprint density at radius 3 is 1.89 bits per heavy atom. The molecule has 0 saturated carbocycles. The van der Waals surface area contributed by atoms with Gasteiger partial charge in [0.25, 0.3) is 0 Å². The van der Waals surface area contributed by atoms with E-state index in [2.05, 4.69) is 90.6 Å². The fourth-order valence-corrected chi connectivity index (χ4v) is 5.32. The van der Waals surface area contributed by atoms with Crippen LogP contribution in [-0.4, -0.2) is 14.5 Å². The summed E-state index contributed by atoms with van der Waals surface area (Å²) in [6, 6.07) is 40.6. The maximum absolute atomic E-state index is 7.66. The first-order valence-corrected chi connectivity index (χ1v) is 14.8. The first kappa shape index (κ1) is 32.6. The molecule has 0 aliphatic carbocycles. The topological polar surface area (TPSA) is 35.1 Å². The number of imidazole rings is 1. The Kier molecular flexibility index (Phi) is 11.4. The van der Waals surface area contributed by atoms with Gasteiger partial charge in [-0.1, -0.05) is 64.1 Å². The second-order valence-corrected chi connectivity index (χ2v) is 11.4. The SMILES string of the molecule is [C-]#[N+]c1cc(CC(C)C)c(-n2c(-c3[c-]cccc3)nc3ccccc32)c(CC(C)C)c1.[Ir].[c-]1ccccc1-c1ccccn1. The van der Waals surface area contributed by atoms with Gasteiger partial charge in [0, 0.05) is 32.0 Å². The molecule has 0 atom stereocenters. The molecular weight excluding hydrogens is 717 g/mol. The molecule has 2 heterocycles. The number of benzene rings is 4. The van der Waals surface area contributed by atoms with Crippen LogP contribution < -0.4 is 0 Å². The minimum Gasteiger partial charge on any atom is -0.333 e. The van der Waals surface area contributed by atoms with Crippen LogP contribution in [0.4, 0.5) is 5.69 Å². The molecule has 44 heavy (non-hydrogen) atoms. The van der Waals surface area contributed by atoms with Crippen molar-refractivity contribution in [1.29, 1.82) is 0 Å². The van der Waals surface area contributed by atoms with E-state index in [0.29, 0.717) is 17.5 Å². The van der Waals surface area contributed by atoms with E-state index in [4.69, 9.17) is 11.6 Å². The Hall–Kier alpha value is -4.36. The van der Waals surface area contributed by atoms with Crippen LogP contribution in [0, 0.1) is 30.5 Å². The van der Waals surface area contributed by atoms with E-state index in [-0.39, 0.29) is 20.1 Å². The molecule has 4 nitrogen and oxygen atoms in total. The average molecular weight is 753 g/mol. The summed E-state index contributed by atoms with van der Waals surface area (Å²) in [5.74, 6) is 1.86. The van der Waals surface area contributed by atoms with Gasteiger partial charge in [-0.15, -0.1) is 71.8 Å². The van der Waals surface area contributed by atoms with Crippen molar-refractivity contribution in [3.63, 3.8) is 0 Å². The van der Waals surface area contributed by atoms with Gasteiger partial charge in [-0.3, -0.25) is 4.98 Å². The van der Waals surface area contributed by atoms with E-state index in [9.17, 15) is 0 Å². The Bertz CT molecular complexity index is 1750. The second kappa shape index (κ2) is 15.4. The number of rotatable bonds is 7. The van der Waals surface area contributed by atoms with Crippen molar-refractivity contribution in [2.75, 3.05) is 0 Å². The number of fused-ring (bicyclic) bond motifs is 1. The standard InChI is InChI=1S/C28H28N3.C11H8N.Ir/c1-19(2)15-22-17-24(29-5)18-23(16-20(3)4)27(22)31-26-14-10-9-13-25(26)30-28(31)21-11-7-6-8-12-21;1-2-6-10(7-3-1)11-8-4-5-9-12-11;/h6-11,13-14,17-20H,15-16H2,1-4H3;1-6,8-9H;/q2*-1;. The van der Waals surface area contributed by atoms with Gasteiger partial charge in [0.2, 0.25) is 0 Å². The first-order valence-electron chi connectivity index (χ1n) is 14.8. The maximum atomic E-state index is 7.66. The second-order valence-electron chi connectivity index (χ2n) is 11.4. The van der Waals surface area contributed by atoms with Crippen LogP contribution >= 0.6 is 0 Å². The van der Waals surface area contributed by atoms with Crippen molar-refractivity contribution in [3.05, 3.63) is 144 Å². The van der Waals surface area contributed by atoms with Crippen LogP contribution in [0.15, 0.2) is 109 Å². The zero-order valence-electron chi connectivity index (χ0n) is 25.6. The Balaban J connectivity index is 0.000000284. The van der Waals surface area contributed by atoms with E-state index in [1.807, 2.05) is 66.7 Å². The van der Waals surface area contributed by atoms with Crippen LogP contribution in [0.1, 0.15) is 38.8 Å². The molecule has 2 aromatic heterocycles. The molecule has 223 valence electrons. The Labute approximate surface area is 275 Å². The number of nitrogens with zero attached hydrogens (tertiary/aromatic N) is 4. The molecule has 6 rings (SSSR count). The summed E-state index contributed by atoms with van der Waals surface area (Å²) in [5, 5.41) is 0. The zero-order valence-corrected chi connectivity index (χ0v) is 28.0. The summed E-state index contributed by atoms with van der Waals surface area (Å²) in [7, 11) is 0. The molecule has 0 aliphatic heterocycles. The summed E-state index contributed by atoms with van der Waals surface area (Å²) >= 11 is 0. The van der Waals surface area contributed by atoms with Crippen molar-refractivity contribution in [2.24, 2.45) is 11.8 Å². The average Bonchev–Trinajstić information content (AvgIpc) is 3.41. The number of hydrogen-bond acceptors (Lipinski definition) is 2. The van der Waals surface area contributed by atoms with Gasteiger partial charge in [0.15, 0.2) is 5.69 Å². The molecule has 0 spiro atoms. The smallest absolute Gasteiger partial charge is 0.187 e. The molecule has 1 radical (unpaired) electrons. The number of hydrogen-bond donors (Lipinski definition) is 0. The normalized spacial score (nSPS) is 10.7. The third kappa shape index (κ3) is 7.77. The van der Waals surface area contributed by atoms with Crippen LogP contribution in [0.25, 0.3) is 44.2 Å². The van der Waals surface area contributed by atoms with Gasteiger partial charge in [0.05, 0.1) is 23.4 Å². The van der Waals surface area contributed by atoms with Crippen molar-refractivity contribution in [3.8, 4) is 28.3 Å². The first-order chi connectivity index (χ1) is 20.9. The van der Waals surface area contributed by atoms with Gasteiger partial charge < -0.3 is 9.55 Å². The fourth-order valence-electron chi connectivity index (χ4n) is 5.32. The van der Waals surface area contributed by atoms with E-state index < -0.39 is 0 Å². The van der Waals surface area contributed by atoms with Gasteiger partial charge in [-0.2, -0.15) is 0 Å². The van der Waals surface area contributed by atoms with E-state index >= 15 is 0 Å². The van der Waals surface area contributed by atoms with Crippen LogP contribution in [0.5, 0.6) is 0 Å². The summed E-state index contributed by atoms with van der Waals surface area (Å²) in [4.78, 5) is 13.0. The maximum Gasteiger partial charge on any atom is 0.187 e. The minimum absolute atomic E-state index is 0. The van der Waals surface area contributed by atoms with Crippen molar-refractivity contribution < 1.29 is 20.1 Å². The van der Waals surface area contributed by atoms with Gasteiger partial charge >= 0.3 is 0 Å². The fraction of sp³-hybridized carbons (Fsp3) is 0.205. The summed E-state index contributed by atoms with van der Waals surface area (Å²) in [5.41, 5.74) is 9.34. The summed E-state index contributed by atoms with van der Waals surface area (Å²) in [6.07, 6.45) is 3.61. The Morgan fingerprint density at radius 2 is 1.34 bits per heavy atom. The molecule has 0 unspecified atom stereocenters. The molecule has 0 fully saturated rings. The quantitative estimate of drug-likeness (QED) is 0.152. The van der Waals surface area contributed by atoms with Gasteiger partial charge in [-0.25, -0.2) is 4.85 Å². The number of aromatic nitrogens is 3. The van der Waals surface area contributed by atoms with E-state index in [1.54, 1.807) is 6.20 Å². The predicted molar refractivity (Wildman–Crippen MR) is 177 cm³/mol. The molecular formula is C39H36IrN4-2. The van der Waals surface area contributed by atoms with Crippen molar-refractivity contribution in [1.82, 2.24) is 14.5 Å². The third-order valence-electron chi connectivity index (χ3n) is 7.02. The zero-order chi connectivity index (χ0) is 30.2. The minimum atomic E-state index is 0. The van der Waals surface area contributed by atoms with E-state index in [0.717, 1.165) is 46.5 Å². The van der Waals surface area contributed by atoms with Crippen LogP contribution in [0.2, 0.25) is 0 Å². The summed E-state index contributed by atoms with van der Waals surface area (Å²) < 4.78 is 2.30. The number of para-hydroxylation sites is 2. The summed E-state index contributed by atoms with van der Waals surface area (Å²) in [6.45, 7) is 16.6. The Morgan fingerprint density at radius 1 is 0.750 bits per heavy atom. The van der Waals surface area contributed by atoms with E-state index in [1.165, 1.54) is 16.8 Å².